The molecule has 0 bridgehead atoms. The van der Waals surface area contributed by atoms with E-state index < -0.39 is 59.2 Å². The molecule has 59 heavy (non-hydrogen) atoms. The molecule has 22 nitrogen and oxygen atoms in total. The smallest absolute Gasteiger partial charge is 0.465 e. The molecule has 3 heterocycles. The number of nitro benzene ring substituents is 2. The van der Waals surface area contributed by atoms with E-state index in [1.54, 1.807) is 12.1 Å². The Morgan fingerprint density at radius 3 is 2.14 bits per heavy atom. The van der Waals surface area contributed by atoms with E-state index in [1.165, 1.54) is 47.3 Å². The lowest BCUT2D eigenvalue weighted by Crippen LogP contribution is -2.39. The normalized spacial score (nSPS) is 17.2. The second-order valence-electron chi connectivity index (χ2n) is 12.9. The van der Waals surface area contributed by atoms with Crippen molar-refractivity contribution in [2.75, 3.05) is 38.4 Å². The summed E-state index contributed by atoms with van der Waals surface area (Å²) < 4.78 is 35.1. The maximum Gasteiger partial charge on any atom is 0.508 e. The third kappa shape index (κ3) is 12.3. The Kier molecular flexibility index (Phi) is 15.9. The fraction of sp³-hybridized carbons (Fsp3) is 0.432. The molecule has 22 heteroatoms. The molecule has 4 atom stereocenters. The molecule has 2 aromatic carbocycles. The summed E-state index contributed by atoms with van der Waals surface area (Å²) in [5.41, 5.74) is 1.49. The minimum Gasteiger partial charge on any atom is -0.465 e. The minimum atomic E-state index is -1.23. The molecule has 0 radical (unpaired) electrons. The number of benzene rings is 2. The number of nitriles is 1. The van der Waals surface area contributed by atoms with Gasteiger partial charge in [0, 0.05) is 50.1 Å². The van der Waals surface area contributed by atoms with Crippen molar-refractivity contribution in [1.29, 1.82) is 5.26 Å². The van der Waals surface area contributed by atoms with Crippen molar-refractivity contribution in [2.45, 2.75) is 69.5 Å². The average Bonchev–Trinajstić information content (AvgIpc) is 3.81. The topological polar surface area (TPSA) is 293 Å². The summed E-state index contributed by atoms with van der Waals surface area (Å²) in [6.07, 6.45) is -1.60. The zero-order valence-corrected chi connectivity index (χ0v) is 31.5. The number of amides is 1. The van der Waals surface area contributed by atoms with Crippen LogP contribution in [-0.2, 0) is 46.1 Å². The van der Waals surface area contributed by atoms with Crippen LogP contribution in [0.15, 0.2) is 61.2 Å². The van der Waals surface area contributed by atoms with Crippen molar-refractivity contribution in [1.82, 2.24) is 19.5 Å². The average molecular weight is 821 g/mol. The van der Waals surface area contributed by atoms with Crippen molar-refractivity contribution in [2.24, 2.45) is 0 Å². The van der Waals surface area contributed by atoms with Gasteiger partial charge >= 0.3 is 18.2 Å². The van der Waals surface area contributed by atoms with Crippen LogP contribution in [0.2, 0.25) is 0 Å². The predicted octanol–water partition coefficient (Wildman–Crippen LogP) is 4.49. The molecule has 0 spiro atoms. The zero-order valence-electron chi connectivity index (χ0n) is 31.5. The Labute approximate surface area is 335 Å². The number of fused-ring (bicyclic) bond motifs is 1. The van der Waals surface area contributed by atoms with Gasteiger partial charge in [-0.15, -0.1) is 0 Å². The first kappa shape index (κ1) is 43.3. The number of hydrogen-bond acceptors (Lipinski definition) is 18. The van der Waals surface area contributed by atoms with Crippen LogP contribution in [0, 0.1) is 31.6 Å². The van der Waals surface area contributed by atoms with E-state index >= 15 is 0 Å². The van der Waals surface area contributed by atoms with Crippen LogP contribution in [0.25, 0.3) is 11.2 Å². The van der Waals surface area contributed by atoms with E-state index in [0.717, 1.165) is 6.33 Å². The van der Waals surface area contributed by atoms with Gasteiger partial charge in [0.25, 0.3) is 11.4 Å². The van der Waals surface area contributed by atoms with E-state index in [2.05, 4.69) is 20.3 Å². The predicted molar refractivity (Wildman–Crippen MR) is 201 cm³/mol. The van der Waals surface area contributed by atoms with Crippen molar-refractivity contribution < 1.29 is 57.8 Å². The van der Waals surface area contributed by atoms with Crippen LogP contribution in [0.4, 0.5) is 26.8 Å². The number of esters is 1. The van der Waals surface area contributed by atoms with E-state index in [0.29, 0.717) is 30.4 Å². The van der Waals surface area contributed by atoms with Crippen molar-refractivity contribution in [3.63, 3.8) is 0 Å². The molecule has 0 aliphatic carbocycles. The first-order valence-corrected chi connectivity index (χ1v) is 18.4. The summed E-state index contributed by atoms with van der Waals surface area (Å²) in [5, 5.41) is 43.3. The maximum absolute atomic E-state index is 13.1. The summed E-state index contributed by atoms with van der Waals surface area (Å²) in [6, 6.07) is 13.5. The summed E-state index contributed by atoms with van der Waals surface area (Å²) in [7, 11) is 0. The zero-order chi connectivity index (χ0) is 42.1. The Bertz CT molecular complexity index is 2110. The van der Waals surface area contributed by atoms with Gasteiger partial charge < -0.3 is 33.5 Å². The molecule has 4 aromatic rings. The van der Waals surface area contributed by atoms with E-state index in [-0.39, 0.29) is 80.5 Å². The van der Waals surface area contributed by atoms with Crippen molar-refractivity contribution in [3.8, 4) is 6.07 Å². The number of carbonyl (C=O) groups excluding carboxylic acids is 3. The fourth-order valence-electron chi connectivity index (χ4n) is 5.95. The van der Waals surface area contributed by atoms with Crippen LogP contribution in [0.3, 0.4) is 0 Å². The maximum atomic E-state index is 13.1. The Morgan fingerprint density at radius 1 is 0.847 bits per heavy atom. The number of anilines is 1. The molecule has 2 N–H and O–H groups in total. The Balaban J connectivity index is 1.25. The Hall–Kier alpha value is -6.83. The highest BCUT2D eigenvalue weighted by Crippen LogP contribution is 2.36. The fourth-order valence-corrected chi connectivity index (χ4v) is 5.95. The Morgan fingerprint density at radius 2 is 1.51 bits per heavy atom. The van der Waals surface area contributed by atoms with E-state index in [1.807, 2.05) is 6.07 Å². The van der Waals surface area contributed by atoms with Crippen LogP contribution in [0.5, 0.6) is 0 Å². The van der Waals surface area contributed by atoms with Crippen LogP contribution in [-0.4, -0.2) is 104 Å². The van der Waals surface area contributed by atoms with Crippen molar-refractivity contribution >= 4 is 46.6 Å². The third-order valence-electron chi connectivity index (χ3n) is 8.89. The summed E-state index contributed by atoms with van der Waals surface area (Å²) in [5.74, 6) is -0.434. The number of rotatable bonds is 21. The SMILES string of the molecule is N#CCCOC(=O)CCCCCO[C@H]1[C@@H](OC(=O)OCCc2ccc([N+](=O)[O-])cc2)[C@H](n2cnc3c(NC(=O)OCCc4ccc([N+](=O)[O-])cc4)ncnc32)O[C@@H]1CO. The van der Waals surface area contributed by atoms with Gasteiger partial charge in [-0.25, -0.2) is 24.5 Å². The van der Waals surface area contributed by atoms with E-state index in [4.69, 9.17) is 33.7 Å². The number of unbranched alkanes of at least 4 members (excludes halogenated alkanes) is 2. The number of non-ortho nitro benzene ring substituents is 2. The highest BCUT2D eigenvalue weighted by molar-refractivity contribution is 5.93. The lowest BCUT2D eigenvalue weighted by Gasteiger charge is -2.24. The van der Waals surface area contributed by atoms with Crippen molar-refractivity contribution in [3.05, 3.63) is 92.5 Å². The van der Waals surface area contributed by atoms with Gasteiger partial charge in [0.1, 0.15) is 25.1 Å². The molecular formula is C37H40N8O14. The standard InChI is InChI=1S/C37H40N8O14/c38-16-4-18-54-29(47)5-2-1-3-17-55-31-28(21-46)58-35(32(31)59-37(49)57-20-15-25-8-12-27(13-9-25)45(52)53)43-23-41-30-33(39-22-40-34(30)43)42-36(48)56-19-14-24-6-10-26(11-7-24)44(50)51/h6-13,22-23,28,31-32,35,46H,1-5,14-15,17-21H2,(H,39,40,42,48)/t28-,31-,32-,35-/m1/s1. The number of nitro groups is 2. The number of ether oxygens (including phenoxy) is 6. The number of carbonyl (C=O) groups is 3. The number of imidazole rings is 1. The molecule has 2 aromatic heterocycles. The van der Waals surface area contributed by atoms with Gasteiger partial charge in [0.05, 0.1) is 48.5 Å². The van der Waals surface area contributed by atoms with Gasteiger partial charge in [0.2, 0.25) is 0 Å². The molecule has 1 amide bonds. The van der Waals surface area contributed by atoms with Crippen LogP contribution in [0.1, 0.15) is 49.5 Å². The minimum absolute atomic E-state index is 0.0179. The van der Waals surface area contributed by atoms with Gasteiger partial charge in [-0.3, -0.25) is 34.9 Å². The third-order valence-corrected chi connectivity index (χ3v) is 8.89. The van der Waals surface area contributed by atoms with E-state index in [9.17, 15) is 39.7 Å². The summed E-state index contributed by atoms with van der Waals surface area (Å²) in [6.45, 7) is -0.566. The molecule has 0 unspecified atom stereocenters. The molecule has 0 saturated carbocycles. The number of aromatic nitrogens is 4. The lowest BCUT2D eigenvalue weighted by atomic mass is 10.1. The van der Waals surface area contributed by atoms with Crippen LogP contribution < -0.4 is 5.32 Å². The molecule has 312 valence electrons. The van der Waals surface area contributed by atoms with Crippen LogP contribution >= 0.6 is 0 Å². The molecule has 5 rings (SSSR count). The molecule has 1 aliphatic heterocycles. The largest absolute Gasteiger partial charge is 0.508 e. The van der Waals surface area contributed by atoms with Gasteiger partial charge in [0.15, 0.2) is 29.3 Å². The summed E-state index contributed by atoms with van der Waals surface area (Å²) >= 11 is 0. The highest BCUT2D eigenvalue weighted by Gasteiger charge is 2.49. The number of aliphatic hydroxyl groups excluding tert-OH is 1. The quantitative estimate of drug-likeness (QED) is 0.0385. The number of hydrogen-bond donors (Lipinski definition) is 2. The highest BCUT2D eigenvalue weighted by atomic mass is 16.7. The first-order chi connectivity index (χ1) is 28.6. The molecular weight excluding hydrogens is 780 g/mol. The second-order valence-corrected chi connectivity index (χ2v) is 12.9. The molecule has 1 saturated heterocycles. The number of nitrogens with one attached hydrogen (secondary N) is 1. The molecule has 1 aliphatic rings. The van der Waals surface area contributed by atoms with Gasteiger partial charge in [-0.1, -0.05) is 30.7 Å². The second kappa shape index (κ2) is 21.6. The monoisotopic (exact) mass is 820 g/mol. The lowest BCUT2D eigenvalue weighted by molar-refractivity contribution is -0.385. The summed E-state index contributed by atoms with van der Waals surface area (Å²) in [4.78, 5) is 71.3. The number of nitrogens with zero attached hydrogens (tertiary/aromatic N) is 7. The molecule has 1 fully saturated rings. The van der Waals surface area contributed by atoms with Gasteiger partial charge in [-0.2, -0.15) is 5.26 Å². The number of aliphatic hydroxyl groups is 1. The van der Waals surface area contributed by atoms with Gasteiger partial charge in [-0.05, 0) is 24.0 Å². The first-order valence-electron chi connectivity index (χ1n) is 18.4.